The number of amides is 2. The fourth-order valence-corrected chi connectivity index (χ4v) is 4.56. The maximum Gasteiger partial charge on any atom is 0.271 e. The minimum absolute atomic E-state index is 0.0229. The van der Waals surface area contributed by atoms with Gasteiger partial charge in [-0.3, -0.25) is 19.7 Å². The molecule has 0 aromatic heterocycles. The van der Waals surface area contributed by atoms with Crippen molar-refractivity contribution in [2.75, 3.05) is 9.80 Å². The fraction of sp³-hybridized carbons (Fsp3) is 0.259. The Morgan fingerprint density at radius 1 is 1.00 bits per heavy atom. The number of non-ortho nitro benzene ring substituents is 1. The molecule has 1 aliphatic rings. The summed E-state index contributed by atoms with van der Waals surface area (Å²) >= 11 is 0. The van der Waals surface area contributed by atoms with Crippen molar-refractivity contribution in [2.24, 2.45) is 5.92 Å². The van der Waals surface area contributed by atoms with Crippen LogP contribution in [0.2, 0.25) is 0 Å². The van der Waals surface area contributed by atoms with Crippen molar-refractivity contribution in [2.45, 2.75) is 39.3 Å². The van der Waals surface area contributed by atoms with E-state index in [9.17, 15) is 19.7 Å². The Morgan fingerprint density at radius 2 is 1.68 bits per heavy atom. The number of carbonyl (C=O) groups is 2. The third kappa shape index (κ3) is 4.29. The molecule has 34 heavy (non-hydrogen) atoms. The molecule has 0 radical (unpaired) electrons. The normalized spacial score (nSPS) is 17.2. The Hall–Kier alpha value is -4.00. The van der Waals surface area contributed by atoms with Gasteiger partial charge in [0.25, 0.3) is 11.6 Å². The van der Waals surface area contributed by atoms with E-state index in [1.165, 1.54) is 12.1 Å². The molecule has 0 saturated carbocycles. The van der Waals surface area contributed by atoms with Crippen LogP contribution in [-0.4, -0.2) is 22.8 Å². The Bertz CT molecular complexity index is 1230. The maximum atomic E-state index is 13.8. The van der Waals surface area contributed by atoms with Gasteiger partial charge in [-0.15, -0.1) is 0 Å². The van der Waals surface area contributed by atoms with Gasteiger partial charge < -0.3 is 9.80 Å². The average Bonchev–Trinajstić information content (AvgIpc) is 2.84. The third-order valence-electron chi connectivity index (χ3n) is 6.16. The summed E-state index contributed by atoms with van der Waals surface area (Å²) in [5.41, 5.74) is 2.45. The third-order valence-corrected chi connectivity index (χ3v) is 6.16. The van der Waals surface area contributed by atoms with Crippen molar-refractivity contribution in [3.63, 3.8) is 0 Å². The van der Waals surface area contributed by atoms with Gasteiger partial charge in [-0.1, -0.05) is 56.3 Å². The van der Waals surface area contributed by atoms with Gasteiger partial charge >= 0.3 is 0 Å². The number of para-hydroxylation sites is 1. The summed E-state index contributed by atoms with van der Waals surface area (Å²) in [5.74, 6) is -0.405. The molecule has 0 bridgehead atoms. The first-order valence-corrected chi connectivity index (χ1v) is 11.3. The van der Waals surface area contributed by atoms with E-state index in [0.717, 1.165) is 11.3 Å². The number of benzene rings is 3. The Kier molecular flexibility index (Phi) is 6.45. The van der Waals surface area contributed by atoms with Crippen LogP contribution >= 0.6 is 0 Å². The summed E-state index contributed by atoms with van der Waals surface area (Å²) in [5, 5.41) is 11.5. The van der Waals surface area contributed by atoms with E-state index in [4.69, 9.17) is 0 Å². The quantitative estimate of drug-likeness (QED) is 0.360. The van der Waals surface area contributed by atoms with Crippen molar-refractivity contribution in [3.8, 4) is 0 Å². The lowest BCUT2D eigenvalue weighted by molar-refractivity contribution is -0.384. The van der Waals surface area contributed by atoms with Gasteiger partial charge in [0, 0.05) is 35.3 Å². The van der Waals surface area contributed by atoms with Crippen LogP contribution in [0.15, 0.2) is 78.9 Å². The van der Waals surface area contributed by atoms with Gasteiger partial charge in [0.15, 0.2) is 0 Å². The van der Waals surface area contributed by atoms with Crippen molar-refractivity contribution in [1.29, 1.82) is 0 Å². The molecular weight excluding hydrogens is 430 g/mol. The summed E-state index contributed by atoms with van der Waals surface area (Å²) in [6.07, 6.45) is 0.497. The zero-order valence-corrected chi connectivity index (χ0v) is 19.4. The van der Waals surface area contributed by atoms with Crippen LogP contribution in [0, 0.1) is 16.0 Å². The van der Waals surface area contributed by atoms with Gasteiger partial charge in [0.05, 0.1) is 16.7 Å². The summed E-state index contributed by atoms with van der Waals surface area (Å²) in [6, 6.07) is 22.1. The largest absolute Gasteiger partial charge is 0.309 e. The first-order chi connectivity index (χ1) is 16.3. The zero-order chi connectivity index (χ0) is 24.4. The standard InChI is InChI=1S/C27H27N3O4/c1-18(2)26(31)28-19(3)16-25(23-14-7-8-15-24(23)28)29(27(32)20-10-5-4-6-11-20)21-12-9-13-22(17-21)30(33)34/h4-15,17-19,25H,16H2,1-3H3/t19-,25-/m0/s1. The van der Waals surface area contributed by atoms with Crippen LogP contribution in [0.25, 0.3) is 0 Å². The Labute approximate surface area is 198 Å². The van der Waals surface area contributed by atoms with Crippen LogP contribution in [0.3, 0.4) is 0 Å². The predicted octanol–water partition coefficient (Wildman–Crippen LogP) is 5.76. The fourth-order valence-electron chi connectivity index (χ4n) is 4.56. The lowest BCUT2D eigenvalue weighted by atomic mass is 9.88. The summed E-state index contributed by atoms with van der Waals surface area (Å²) in [7, 11) is 0. The second-order valence-electron chi connectivity index (χ2n) is 8.84. The molecule has 1 aliphatic heterocycles. The van der Waals surface area contributed by atoms with E-state index < -0.39 is 11.0 Å². The highest BCUT2D eigenvalue weighted by Crippen LogP contribution is 2.43. The molecule has 3 aromatic carbocycles. The molecule has 4 rings (SSSR count). The molecule has 2 amide bonds. The number of nitrogens with zero attached hydrogens (tertiary/aromatic N) is 3. The molecular formula is C27H27N3O4. The summed E-state index contributed by atoms with van der Waals surface area (Å²) in [6.45, 7) is 5.72. The van der Waals surface area contributed by atoms with Crippen LogP contribution in [0.1, 0.15) is 49.2 Å². The van der Waals surface area contributed by atoms with E-state index in [1.54, 1.807) is 41.3 Å². The second kappa shape index (κ2) is 9.47. The predicted molar refractivity (Wildman–Crippen MR) is 132 cm³/mol. The van der Waals surface area contributed by atoms with Gasteiger partial charge in [-0.2, -0.15) is 0 Å². The molecule has 7 heteroatoms. The number of nitro benzene ring substituents is 1. The first-order valence-electron chi connectivity index (χ1n) is 11.3. The number of hydrogen-bond donors (Lipinski definition) is 0. The van der Waals surface area contributed by atoms with Crippen molar-refractivity contribution in [3.05, 3.63) is 100 Å². The number of nitro groups is 1. The molecule has 0 unspecified atom stereocenters. The van der Waals surface area contributed by atoms with Crippen LogP contribution in [0.4, 0.5) is 17.1 Å². The van der Waals surface area contributed by atoms with Crippen LogP contribution < -0.4 is 9.80 Å². The Morgan fingerprint density at radius 3 is 2.35 bits per heavy atom. The SMILES string of the molecule is CC(C)C(=O)N1c2ccccc2[C@@H](N(C(=O)c2ccccc2)c2cccc([N+](=O)[O-])c2)C[C@@H]1C. The number of fused-ring (bicyclic) bond motifs is 1. The topological polar surface area (TPSA) is 83.8 Å². The monoisotopic (exact) mass is 457 g/mol. The minimum atomic E-state index is -0.463. The molecule has 7 nitrogen and oxygen atoms in total. The van der Waals surface area contributed by atoms with Crippen molar-refractivity contribution < 1.29 is 14.5 Å². The lowest BCUT2D eigenvalue weighted by Crippen LogP contribution is -2.49. The molecule has 0 spiro atoms. The summed E-state index contributed by atoms with van der Waals surface area (Å²) < 4.78 is 0. The first kappa shape index (κ1) is 23.2. The van der Waals surface area contributed by atoms with E-state index in [2.05, 4.69) is 0 Å². The smallest absolute Gasteiger partial charge is 0.271 e. The molecule has 3 aromatic rings. The Balaban J connectivity index is 1.88. The molecule has 174 valence electrons. The minimum Gasteiger partial charge on any atom is -0.309 e. The van der Waals surface area contributed by atoms with E-state index in [1.807, 2.05) is 56.0 Å². The number of rotatable bonds is 5. The van der Waals surface area contributed by atoms with E-state index >= 15 is 0 Å². The average molecular weight is 458 g/mol. The lowest BCUT2D eigenvalue weighted by Gasteiger charge is -2.44. The van der Waals surface area contributed by atoms with Crippen molar-refractivity contribution >= 4 is 28.9 Å². The number of anilines is 2. The van der Waals surface area contributed by atoms with Gasteiger partial charge in [-0.25, -0.2) is 0 Å². The summed E-state index contributed by atoms with van der Waals surface area (Å²) in [4.78, 5) is 41.4. The van der Waals surface area contributed by atoms with Gasteiger partial charge in [-0.05, 0) is 43.2 Å². The second-order valence-corrected chi connectivity index (χ2v) is 8.84. The molecule has 1 heterocycles. The number of carbonyl (C=O) groups excluding carboxylic acids is 2. The van der Waals surface area contributed by atoms with Crippen LogP contribution in [0.5, 0.6) is 0 Å². The van der Waals surface area contributed by atoms with Gasteiger partial charge in [0.1, 0.15) is 0 Å². The van der Waals surface area contributed by atoms with E-state index in [-0.39, 0.29) is 29.5 Å². The molecule has 0 aliphatic carbocycles. The highest BCUT2D eigenvalue weighted by Gasteiger charge is 2.39. The van der Waals surface area contributed by atoms with E-state index in [0.29, 0.717) is 17.7 Å². The molecule has 0 N–H and O–H groups in total. The van der Waals surface area contributed by atoms with Gasteiger partial charge in [0.2, 0.25) is 5.91 Å². The molecule has 0 saturated heterocycles. The maximum absolute atomic E-state index is 13.8. The molecule has 2 atom stereocenters. The highest BCUT2D eigenvalue weighted by molar-refractivity contribution is 6.07. The number of hydrogen-bond acceptors (Lipinski definition) is 4. The highest BCUT2D eigenvalue weighted by atomic mass is 16.6. The van der Waals surface area contributed by atoms with Crippen molar-refractivity contribution in [1.82, 2.24) is 0 Å². The molecule has 0 fully saturated rings. The van der Waals surface area contributed by atoms with Crippen LogP contribution in [-0.2, 0) is 4.79 Å². The zero-order valence-electron chi connectivity index (χ0n) is 19.4.